The number of rotatable bonds is 6. The summed E-state index contributed by atoms with van der Waals surface area (Å²) in [5.41, 5.74) is 0.920. The maximum atomic E-state index is 11.1. The number of carbonyl (C=O) groups excluding carboxylic acids is 1. The van der Waals surface area contributed by atoms with Crippen molar-refractivity contribution in [1.82, 2.24) is 4.98 Å². The molecule has 1 rings (SSSR count). The van der Waals surface area contributed by atoms with Crippen molar-refractivity contribution in [3.05, 3.63) is 29.0 Å². The van der Waals surface area contributed by atoms with Crippen LogP contribution in [0.2, 0.25) is 5.15 Å². The second-order valence-electron chi connectivity index (χ2n) is 6.56. The highest BCUT2D eigenvalue weighted by Crippen LogP contribution is 2.22. The number of hydrogen-bond acceptors (Lipinski definition) is 2. The molecule has 1 heterocycles. The monoisotopic (exact) mass is 322 g/mol. The van der Waals surface area contributed by atoms with E-state index in [-0.39, 0.29) is 11.5 Å². The van der Waals surface area contributed by atoms with Crippen molar-refractivity contribution >= 4 is 24.6 Å². The second kappa shape index (κ2) is 10.8. The lowest BCUT2D eigenvalue weighted by Gasteiger charge is -2.18. The summed E-state index contributed by atoms with van der Waals surface area (Å²) >= 11 is 5.82. The molecule has 0 N–H and O–H groups in total. The van der Waals surface area contributed by atoms with Crippen molar-refractivity contribution in [2.45, 2.75) is 60.7 Å². The molecule has 1 aromatic rings. The van der Waals surface area contributed by atoms with E-state index in [1.165, 1.54) is 6.42 Å². The van der Waals surface area contributed by atoms with Crippen LogP contribution in [0.15, 0.2) is 18.2 Å². The number of nitrogens with zero attached hydrogens (tertiary/aromatic N) is 1. The van der Waals surface area contributed by atoms with Gasteiger partial charge in [-0.1, -0.05) is 65.6 Å². The van der Waals surface area contributed by atoms with Gasteiger partial charge in [-0.05, 0) is 42.6 Å². The average Bonchev–Trinajstić information content (AvgIpc) is 2.43. The van der Waals surface area contributed by atoms with E-state index in [2.05, 4.69) is 46.5 Å². The van der Waals surface area contributed by atoms with Gasteiger partial charge in [-0.3, -0.25) is 0 Å². The lowest BCUT2D eigenvalue weighted by molar-refractivity contribution is -0.110. The molecule has 0 aliphatic rings. The Morgan fingerprint density at radius 1 is 1.18 bits per heavy atom. The number of carbonyl (C=O) groups is 1. The fourth-order valence-corrected chi connectivity index (χ4v) is 2.12. The Morgan fingerprint density at radius 2 is 1.77 bits per heavy atom. The summed E-state index contributed by atoms with van der Waals surface area (Å²) in [5.74, 6) is 2.14. The molecule has 2 nitrogen and oxygen atoms in total. The van der Waals surface area contributed by atoms with Gasteiger partial charge >= 0.3 is 0 Å². The minimum Gasteiger partial charge on any atom is -0.312 e. The van der Waals surface area contributed by atoms with Crippen LogP contribution in [-0.4, -0.2) is 17.9 Å². The van der Waals surface area contributed by atoms with E-state index < -0.39 is 0 Å². The molecule has 0 aromatic carbocycles. The van der Waals surface area contributed by atoms with E-state index >= 15 is 0 Å². The highest BCUT2D eigenvalue weighted by atomic mass is 35.5. The number of hydrogen-bond donors (Lipinski definition) is 0. The highest BCUT2D eigenvalue weighted by molar-refractivity contribution is 6.74. The standard InChI is InChI=1S/C11H14BClNO.C7H16/c1-7(2)11(12-8(3)15)9-5-4-6-10(13)14-9;1-5-7(4)6(2)3/h4-7,11H,1-3H3;6-7H,5H2,1-4H3. The largest absolute Gasteiger partial charge is 0.312 e. The highest BCUT2D eigenvalue weighted by Gasteiger charge is 2.20. The molecule has 0 spiro atoms. The van der Waals surface area contributed by atoms with Gasteiger partial charge in [-0.25, -0.2) is 4.98 Å². The molecule has 0 amide bonds. The fourth-order valence-electron chi connectivity index (χ4n) is 1.95. The van der Waals surface area contributed by atoms with Gasteiger partial charge in [0.2, 0.25) is 7.28 Å². The summed E-state index contributed by atoms with van der Waals surface area (Å²) in [5, 5.41) is 0.468. The van der Waals surface area contributed by atoms with Crippen LogP contribution in [-0.2, 0) is 4.79 Å². The summed E-state index contributed by atoms with van der Waals surface area (Å²) in [7, 11) is 1.70. The number of pyridine rings is 1. The minimum atomic E-state index is 0.0428. The Hall–Kier alpha value is -0.825. The molecule has 0 fully saturated rings. The Labute approximate surface area is 142 Å². The van der Waals surface area contributed by atoms with E-state index in [4.69, 9.17) is 11.6 Å². The molecule has 2 atom stereocenters. The molecule has 0 saturated carbocycles. The quantitative estimate of drug-likeness (QED) is 0.520. The summed E-state index contributed by atoms with van der Waals surface area (Å²) in [6, 6.07) is 5.49. The van der Waals surface area contributed by atoms with Crippen molar-refractivity contribution in [1.29, 1.82) is 0 Å². The topological polar surface area (TPSA) is 30.0 Å². The Morgan fingerprint density at radius 3 is 2.09 bits per heavy atom. The first kappa shape index (κ1) is 21.2. The van der Waals surface area contributed by atoms with Gasteiger partial charge in [0.25, 0.3) is 0 Å². The Balaban J connectivity index is 0.000000534. The zero-order valence-corrected chi connectivity index (χ0v) is 15.8. The van der Waals surface area contributed by atoms with Crippen LogP contribution in [0.3, 0.4) is 0 Å². The molecule has 1 radical (unpaired) electrons. The normalized spacial score (nSPS) is 13.4. The molecule has 0 aliphatic carbocycles. The summed E-state index contributed by atoms with van der Waals surface area (Å²) in [4.78, 5) is 15.3. The lowest BCUT2D eigenvalue weighted by atomic mass is 9.56. The zero-order valence-electron chi connectivity index (χ0n) is 15.1. The molecular formula is C18H30BClNO. The Bertz CT molecular complexity index is 448. The zero-order chi connectivity index (χ0) is 17.3. The maximum Gasteiger partial charge on any atom is 0.212 e. The third-order valence-electron chi connectivity index (χ3n) is 3.99. The van der Waals surface area contributed by atoms with Gasteiger partial charge in [0.1, 0.15) is 5.15 Å². The van der Waals surface area contributed by atoms with Crippen LogP contribution in [0.4, 0.5) is 0 Å². The van der Waals surface area contributed by atoms with Gasteiger partial charge in [0, 0.05) is 5.69 Å². The van der Waals surface area contributed by atoms with Gasteiger partial charge < -0.3 is 4.79 Å². The van der Waals surface area contributed by atoms with Crippen LogP contribution in [0, 0.1) is 17.8 Å². The molecule has 1 aromatic heterocycles. The van der Waals surface area contributed by atoms with Crippen LogP contribution >= 0.6 is 11.6 Å². The van der Waals surface area contributed by atoms with Crippen LogP contribution < -0.4 is 0 Å². The van der Waals surface area contributed by atoms with Gasteiger partial charge in [-0.2, -0.15) is 0 Å². The second-order valence-corrected chi connectivity index (χ2v) is 6.95. The first-order valence-electron chi connectivity index (χ1n) is 8.16. The van der Waals surface area contributed by atoms with Crippen LogP contribution in [0.1, 0.15) is 66.4 Å². The third-order valence-corrected chi connectivity index (χ3v) is 4.20. The molecule has 123 valence electrons. The average molecular weight is 323 g/mol. The van der Waals surface area contributed by atoms with Gasteiger partial charge in [-0.15, -0.1) is 0 Å². The SMILES string of the molecule is CC(=O)[B]C(c1cccc(Cl)n1)C(C)C.CCC(C)C(C)C. The van der Waals surface area contributed by atoms with Crippen molar-refractivity contribution in [2.24, 2.45) is 17.8 Å². The molecule has 0 aliphatic heterocycles. The van der Waals surface area contributed by atoms with E-state index in [0.717, 1.165) is 17.5 Å². The maximum absolute atomic E-state index is 11.1. The van der Waals surface area contributed by atoms with Crippen molar-refractivity contribution in [2.75, 3.05) is 0 Å². The molecule has 0 bridgehead atoms. The first-order chi connectivity index (χ1) is 10.2. The van der Waals surface area contributed by atoms with Crippen LogP contribution in [0.5, 0.6) is 0 Å². The summed E-state index contributed by atoms with van der Waals surface area (Å²) in [6.07, 6.45) is 1.32. The van der Waals surface area contributed by atoms with Crippen molar-refractivity contribution < 1.29 is 4.79 Å². The van der Waals surface area contributed by atoms with E-state index in [0.29, 0.717) is 11.1 Å². The summed E-state index contributed by atoms with van der Waals surface area (Å²) in [6.45, 7) is 14.8. The molecule has 0 saturated heterocycles. The summed E-state index contributed by atoms with van der Waals surface area (Å²) < 4.78 is 0. The van der Waals surface area contributed by atoms with Gasteiger partial charge in [0.15, 0.2) is 0 Å². The predicted octanol–water partition coefficient (Wildman–Crippen LogP) is 5.37. The smallest absolute Gasteiger partial charge is 0.212 e. The van der Waals surface area contributed by atoms with Gasteiger partial charge in [0.05, 0.1) is 5.68 Å². The van der Waals surface area contributed by atoms with Crippen LogP contribution in [0.25, 0.3) is 0 Å². The minimum absolute atomic E-state index is 0.0428. The van der Waals surface area contributed by atoms with E-state index in [9.17, 15) is 4.79 Å². The molecule has 2 unspecified atom stereocenters. The third kappa shape index (κ3) is 8.58. The van der Waals surface area contributed by atoms with Crippen molar-refractivity contribution in [3.8, 4) is 0 Å². The van der Waals surface area contributed by atoms with Crippen molar-refractivity contribution in [3.63, 3.8) is 0 Å². The number of aromatic nitrogens is 1. The number of halogens is 1. The van der Waals surface area contributed by atoms with E-state index in [1.807, 2.05) is 12.1 Å². The Kier molecular flexibility index (Phi) is 10.4. The first-order valence-corrected chi connectivity index (χ1v) is 8.54. The fraction of sp³-hybridized carbons (Fsp3) is 0.667. The molecule has 22 heavy (non-hydrogen) atoms. The van der Waals surface area contributed by atoms with E-state index in [1.54, 1.807) is 20.3 Å². The lowest BCUT2D eigenvalue weighted by Crippen LogP contribution is -2.21. The molecule has 4 heteroatoms. The molecular weight excluding hydrogens is 292 g/mol. The predicted molar refractivity (Wildman–Crippen MR) is 97.6 cm³/mol.